The van der Waals surface area contributed by atoms with Crippen molar-refractivity contribution in [2.24, 2.45) is 7.05 Å². The third-order valence-corrected chi connectivity index (χ3v) is 4.86. The molecule has 2 aromatic heterocycles. The zero-order valence-corrected chi connectivity index (χ0v) is 16.8. The molecule has 7 nitrogen and oxygen atoms in total. The van der Waals surface area contributed by atoms with Gasteiger partial charge in [0.2, 0.25) is 0 Å². The van der Waals surface area contributed by atoms with E-state index in [1.54, 1.807) is 17.8 Å². The van der Waals surface area contributed by atoms with Crippen molar-refractivity contribution in [1.82, 2.24) is 25.1 Å². The van der Waals surface area contributed by atoms with Gasteiger partial charge in [-0.25, -0.2) is 14.4 Å². The summed E-state index contributed by atoms with van der Waals surface area (Å²) < 4.78 is 14.9. The van der Waals surface area contributed by atoms with E-state index in [-0.39, 0.29) is 23.2 Å². The molecule has 152 valence electrons. The molecule has 9 heteroatoms. The Balaban J connectivity index is 1.54. The van der Waals surface area contributed by atoms with Gasteiger partial charge in [-0.2, -0.15) is 5.10 Å². The van der Waals surface area contributed by atoms with E-state index in [4.69, 9.17) is 11.6 Å². The van der Waals surface area contributed by atoms with Crippen LogP contribution in [0.15, 0.2) is 54.9 Å². The molecule has 0 bridgehead atoms. The number of hydrogen-bond acceptors (Lipinski definition) is 5. The van der Waals surface area contributed by atoms with Crippen LogP contribution in [0, 0.1) is 5.82 Å². The summed E-state index contributed by atoms with van der Waals surface area (Å²) in [5, 5.41) is 10.5. The zero-order chi connectivity index (χ0) is 21.1. The Kier molecular flexibility index (Phi) is 5.58. The van der Waals surface area contributed by atoms with Crippen molar-refractivity contribution in [2.75, 3.05) is 5.32 Å². The van der Waals surface area contributed by atoms with Gasteiger partial charge in [0.05, 0.1) is 5.02 Å². The first-order valence-electron chi connectivity index (χ1n) is 9.20. The molecule has 0 fully saturated rings. The SMILES string of the molecule is Cn1nc(NCc2ccccc2)c2ncnc(C(=O)NCc3ccc(F)c(Cl)c3)c21. The highest BCUT2D eigenvalue weighted by Gasteiger charge is 2.19. The minimum absolute atomic E-state index is 0.00643. The first kappa shape index (κ1) is 19.8. The van der Waals surface area contributed by atoms with Gasteiger partial charge in [0.1, 0.15) is 23.2 Å². The van der Waals surface area contributed by atoms with E-state index in [1.807, 2.05) is 30.3 Å². The van der Waals surface area contributed by atoms with Crippen molar-refractivity contribution in [2.45, 2.75) is 13.1 Å². The number of fused-ring (bicyclic) bond motifs is 1. The fourth-order valence-electron chi connectivity index (χ4n) is 3.09. The van der Waals surface area contributed by atoms with Gasteiger partial charge in [0.15, 0.2) is 11.5 Å². The molecule has 0 spiro atoms. The number of hydrogen-bond donors (Lipinski definition) is 2. The Bertz CT molecular complexity index is 1210. The van der Waals surface area contributed by atoms with E-state index in [1.165, 1.54) is 18.5 Å². The highest BCUT2D eigenvalue weighted by molar-refractivity contribution is 6.30. The van der Waals surface area contributed by atoms with Crippen LogP contribution in [0.4, 0.5) is 10.2 Å². The second-order valence-electron chi connectivity index (χ2n) is 6.66. The Morgan fingerprint density at radius 1 is 1.10 bits per heavy atom. The van der Waals surface area contributed by atoms with E-state index in [9.17, 15) is 9.18 Å². The number of nitrogens with one attached hydrogen (secondary N) is 2. The standard InChI is InChI=1S/C21H18ClFN6O/c1-29-19-17(20(28-29)24-10-13-5-3-2-4-6-13)26-12-27-18(19)21(30)25-11-14-7-8-16(23)15(22)9-14/h2-9,12H,10-11H2,1H3,(H,24,28)(H,25,30). The Labute approximate surface area is 176 Å². The van der Waals surface area contributed by atoms with Gasteiger partial charge in [-0.1, -0.05) is 48.0 Å². The molecule has 0 aliphatic carbocycles. The van der Waals surface area contributed by atoms with Gasteiger partial charge in [-0.15, -0.1) is 0 Å². The van der Waals surface area contributed by atoms with Crippen molar-refractivity contribution < 1.29 is 9.18 Å². The molecular weight excluding hydrogens is 407 g/mol. The van der Waals surface area contributed by atoms with E-state index < -0.39 is 5.82 Å². The van der Waals surface area contributed by atoms with Crippen LogP contribution in [-0.4, -0.2) is 25.7 Å². The summed E-state index contributed by atoms with van der Waals surface area (Å²) >= 11 is 5.79. The molecule has 4 rings (SSSR count). The van der Waals surface area contributed by atoms with Gasteiger partial charge in [0, 0.05) is 20.1 Å². The van der Waals surface area contributed by atoms with Crippen LogP contribution in [0.25, 0.3) is 11.0 Å². The van der Waals surface area contributed by atoms with Crippen molar-refractivity contribution in [1.29, 1.82) is 0 Å². The minimum atomic E-state index is -0.505. The van der Waals surface area contributed by atoms with E-state index in [0.717, 1.165) is 5.56 Å². The average Bonchev–Trinajstić information content (AvgIpc) is 3.09. The summed E-state index contributed by atoms with van der Waals surface area (Å²) in [7, 11) is 1.73. The first-order valence-corrected chi connectivity index (χ1v) is 9.58. The number of anilines is 1. The molecule has 2 N–H and O–H groups in total. The number of aromatic nitrogens is 4. The maximum absolute atomic E-state index is 13.3. The number of rotatable bonds is 6. The Hall–Kier alpha value is -3.52. The summed E-state index contributed by atoms with van der Waals surface area (Å²) in [4.78, 5) is 21.2. The molecule has 2 aromatic carbocycles. The molecule has 0 saturated heterocycles. The number of halogens is 2. The zero-order valence-electron chi connectivity index (χ0n) is 16.1. The predicted octanol–water partition coefficient (Wildman–Crippen LogP) is 3.70. The van der Waals surface area contributed by atoms with Gasteiger partial charge in [-0.05, 0) is 23.3 Å². The quantitative estimate of drug-likeness (QED) is 0.493. The second-order valence-corrected chi connectivity index (χ2v) is 7.07. The third kappa shape index (κ3) is 4.08. The molecule has 0 atom stereocenters. The first-order chi connectivity index (χ1) is 14.5. The van der Waals surface area contributed by atoms with Crippen molar-refractivity contribution in [3.63, 3.8) is 0 Å². The van der Waals surface area contributed by atoms with Crippen molar-refractivity contribution in [3.8, 4) is 0 Å². The smallest absolute Gasteiger partial charge is 0.272 e. The topological polar surface area (TPSA) is 84.7 Å². The molecule has 0 aliphatic heterocycles. The average molecular weight is 425 g/mol. The van der Waals surface area contributed by atoms with Crippen LogP contribution < -0.4 is 10.6 Å². The highest BCUT2D eigenvalue weighted by Crippen LogP contribution is 2.23. The lowest BCUT2D eigenvalue weighted by Crippen LogP contribution is -2.24. The maximum atomic E-state index is 13.3. The molecule has 0 unspecified atom stereocenters. The van der Waals surface area contributed by atoms with Crippen LogP contribution in [0.2, 0.25) is 5.02 Å². The molecular formula is C21H18ClFN6O. The lowest BCUT2D eigenvalue weighted by molar-refractivity contribution is 0.0947. The van der Waals surface area contributed by atoms with Crippen LogP contribution in [0.3, 0.4) is 0 Å². The third-order valence-electron chi connectivity index (χ3n) is 4.58. The van der Waals surface area contributed by atoms with Crippen molar-refractivity contribution in [3.05, 3.63) is 82.5 Å². The molecule has 0 aliphatic rings. The van der Waals surface area contributed by atoms with Crippen molar-refractivity contribution >= 4 is 34.4 Å². The largest absolute Gasteiger partial charge is 0.363 e. The number of nitrogens with zero attached hydrogens (tertiary/aromatic N) is 4. The number of aryl methyl sites for hydroxylation is 1. The molecule has 30 heavy (non-hydrogen) atoms. The highest BCUT2D eigenvalue weighted by atomic mass is 35.5. The molecule has 0 saturated carbocycles. The number of amides is 1. The summed E-state index contributed by atoms with van der Waals surface area (Å²) in [6.45, 7) is 0.755. The molecule has 1 amide bonds. The number of carbonyl (C=O) groups excluding carboxylic acids is 1. The monoisotopic (exact) mass is 424 g/mol. The van der Waals surface area contributed by atoms with Gasteiger partial charge in [0.25, 0.3) is 5.91 Å². The number of carbonyl (C=O) groups is 1. The van der Waals surface area contributed by atoms with Gasteiger partial charge < -0.3 is 10.6 Å². The fourth-order valence-corrected chi connectivity index (χ4v) is 3.29. The predicted molar refractivity (Wildman–Crippen MR) is 113 cm³/mol. The Morgan fingerprint density at radius 2 is 1.90 bits per heavy atom. The molecule has 0 radical (unpaired) electrons. The van der Waals surface area contributed by atoms with E-state index in [0.29, 0.717) is 29.0 Å². The minimum Gasteiger partial charge on any atom is -0.363 e. The molecule has 4 aromatic rings. The number of benzene rings is 2. The summed E-state index contributed by atoms with van der Waals surface area (Å²) in [6.07, 6.45) is 1.33. The van der Waals surface area contributed by atoms with E-state index >= 15 is 0 Å². The van der Waals surface area contributed by atoms with Gasteiger partial charge >= 0.3 is 0 Å². The van der Waals surface area contributed by atoms with Gasteiger partial charge in [-0.3, -0.25) is 9.48 Å². The van der Waals surface area contributed by atoms with Crippen LogP contribution in [0.1, 0.15) is 21.6 Å². The summed E-state index contributed by atoms with van der Waals surface area (Å²) in [5.41, 5.74) is 3.05. The Morgan fingerprint density at radius 3 is 2.67 bits per heavy atom. The second kappa shape index (κ2) is 8.46. The fraction of sp³-hybridized carbons (Fsp3) is 0.143. The lowest BCUT2D eigenvalue weighted by Gasteiger charge is -2.07. The van der Waals surface area contributed by atoms with Crippen LogP contribution >= 0.6 is 11.6 Å². The van der Waals surface area contributed by atoms with Crippen LogP contribution in [0.5, 0.6) is 0 Å². The molecule has 2 heterocycles. The lowest BCUT2D eigenvalue weighted by atomic mass is 10.2. The maximum Gasteiger partial charge on any atom is 0.272 e. The van der Waals surface area contributed by atoms with Crippen LogP contribution in [-0.2, 0) is 20.1 Å². The van der Waals surface area contributed by atoms with E-state index in [2.05, 4.69) is 25.7 Å². The summed E-state index contributed by atoms with van der Waals surface area (Å²) in [5.74, 6) is -0.326. The normalized spacial score (nSPS) is 10.9. The summed E-state index contributed by atoms with van der Waals surface area (Å²) in [6, 6.07) is 14.2.